The number of ether oxygens (including phenoxy) is 1. The van der Waals surface area contributed by atoms with Crippen LogP contribution in [0.1, 0.15) is 26.2 Å². The van der Waals surface area contributed by atoms with Crippen molar-refractivity contribution in [2.24, 2.45) is 0 Å². The minimum absolute atomic E-state index is 0.0340. The Morgan fingerprint density at radius 2 is 2.26 bits per heavy atom. The average molecular weight is 269 g/mol. The van der Waals surface area contributed by atoms with E-state index in [1.807, 2.05) is 4.90 Å². The molecule has 0 aliphatic carbocycles. The molecule has 2 rings (SSSR count). The van der Waals surface area contributed by atoms with Gasteiger partial charge in [-0.25, -0.2) is 0 Å². The van der Waals surface area contributed by atoms with E-state index >= 15 is 0 Å². The van der Waals surface area contributed by atoms with Crippen molar-refractivity contribution < 1.29 is 14.3 Å². The van der Waals surface area contributed by atoms with Crippen molar-refractivity contribution in [3.05, 3.63) is 0 Å². The van der Waals surface area contributed by atoms with Crippen molar-refractivity contribution in [2.45, 2.75) is 38.3 Å². The van der Waals surface area contributed by atoms with Crippen LogP contribution >= 0.6 is 0 Å². The molecule has 2 amide bonds. The molecule has 108 valence electrons. The summed E-state index contributed by atoms with van der Waals surface area (Å²) < 4.78 is 5.57. The quantitative estimate of drug-likeness (QED) is 0.724. The summed E-state index contributed by atoms with van der Waals surface area (Å²) in [5, 5.41) is 6.02. The van der Waals surface area contributed by atoms with Crippen LogP contribution in [0.15, 0.2) is 0 Å². The lowest BCUT2D eigenvalue weighted by molar-refractivity contribution is -0.141. The van der Waals surface area contributed by atoms with Gasteiger partial charge in [0.05, 0.1) is 18.8 Å². The van der Waals surface area contributed by atoms with Gasteiger partial charge in [-0.2, -0.15) is 0 Å². The van der Waals surface area contributed by atoms with E-state index in [9.17, 15) is 9.59 Å². The number of hydrogen-bond donors (Lipinski definition) is 2. The molecule has 0 aromatic carbocycles. The molecular weight excluding hydrogens is 246 g/mol. The lowest BCUT2D eigenvalue weighted by Gasteiger charge is -2.36. The van der Waals surface area contributed by atoms with Gasteiger partial charge in [0.2, 0.25) is 11.8 Å². The zero-order valence-corrected chi connectivity index (χ0v) is 11.5. The molecule has 0 saturated carbocycles. The van der Waals surface area contributed by atoms with Gasteiger partial charge in [-0.15, -0.1) is 0 Å². The van der Waals surface area contributed by atoms with Crippen molar-refractivity contribution in [3.63, 3.8) is 0 Å². The largest absolute Gasteiger partial charge is 0.373 e. The van der Waals surface area contributed by atoms with Gasteiger partial charge in [0.1, 0.15) is 0 Å². The Morgan fingerprint density at radius 1 is 1.42 bits per heavy atom. The van der Waals surface area contributed by atoms with Gasteiger partial charge in [-0.05, 0) is 19.4 Å². The minimum atomic E-state index is -0.0924. The molecule has 2 aliphatic heterocycles. The third-order valence-corrected chi connectivity index (χ3v) is 3.64. The summed E-state index contributed by atoms with van der Waals surface area (Å²) >= 11 is 0. The van der Waals surface area contributed by atoms with E-state index in [0.717, 1.165) is 25.8 Å². The Bertz CT molecular complexity index is 329. The molecule has 0 bridgehead atoms. The van der Waals surface area contributed by atoms with Gasteiger partial charge < -0.3 is 20.3 Å². The smallest absolute Gasteiger partial charge is 0.239 e. The number of nitrogens with zero attached hydrogens (tertiary/aromatic N) is 1. The maximum atomic E-state index is 12.4. The number of carbonyl (C=O) groups is 2. The Labute approximate surface area is 113 Å². The molecule has 2 saturated heterocycles. The zero-order valence-electron chi connectivity index (χ0n) is 11.5. The molecule has 2 N–H and O–H groups in total. The third kappa shape index (κ3) is 4.18. The highest BCUT2D eigenvalue weighted by molar-refractivity contribution is 5.82. The summed E-state index contributed by atoms with van der Waals surface area (Å²) in [6.45, 7) is 4.64. The number of carbonyl (C=O) groups excluding carboxylic acids is 2. The second kappa shape index (κ2) is 6.86. The van der Waals surface area contributed by atoms with Crippen LogP contribution in [-0.4, -0.2) is 61.6 Å². The van der Waals surface area contributed by atoms with E-state index in [1.54, 1.807) is 0 Å². The Balaban J connectivity index is 1.82. The molecule has 6 heteroatoms. The lowest BCUT2D eigenvalue weighted by Crippen LogP contribution is -2.55. The number of rotatable bonds is 3. The molecule has 2 aliphatic rings. The van der Waals surface area contributed by atoms with Crippen molar-refractivity contribution in [1.29, 1.82) is 0 Å². The summed E-state index contributed by atoms with van der Waals surface area (Å²) in [5.74, 6) is 0.108. The molecule has 2 atom stereocenters. The molecule has 0 radical (unpaired) electrons. The van der Waals surface area contributed by atoms with E-state index in [0.29, 0.717) is 26.2 Å². The first-order valence-corrected chi connectivity index (χ1v) is 7.05. The van der Waals surface area contributed by atoms with Crippen molar-refractivity contribution in [2.75, 3.05) is 32.8 Å². The third-order valence-electron chi connectivity index (χ3n) is 3.64. The number of amides is 2. The lowest BCUT2D eigenvalue weighted by atomic mass is 10.0. The van der Waals surface area contributed by atoms with Crippen LogP contribution in [0.4, 0.5) is 0 Å². The highest BCUT2D eigenvalue weighted by Crippen LogP contribution is 2.12. The van der Waals surface area contributed by atoms with Gasteiger partial charge >= 0.3 is 0 Å². The number of hydrogen-bond acceptors (Lipinski definition) is 4. The molecule has 19 heavy (non-hydrogen) atoms. The van der Waals surface area contributed by atoms with Gasteiger partial charge in [0.25, 0.3) is 0 Å². The second-order valence-corrected chi connectivity index (χ2v) is 5.22. The van der Waals surface area contributed by atoms with Crippen molar-refractivity contribution in [3.8, 4) is 0 Å². The molecule has 2 fully saturated rings. The standard InChI is InChI=1S/C13H23N3O3/c1-10(17)15-8-11-9-16(6-7-19-11)13(18)12-4-2-3-5-14-12/h11-12,14H,2-9H2,1H3,(H,15,17)/t11-,12+/m1/s1. The highest BCUT2D eigenvalue weighted by Gasteiger charge is 2.29. The molecule has 2 heterocycles. The van der Waals surface area contributed by atoms with E-state index in [1.165, 1.54) is 6.92 Å². The summed E-state index contributed by atoms with van der Waals surface area (Å²) in [6, 6.07) is -0.0340. The first kappa shape index (κ1) is 14.3. The summed E-state index contributed by atoms with van der Waals surface area (Å²) in [7, 11) is 0. The van der Waals surface area contributed by atoms with Crippen molar-refractivity contribution in [1.82, 2.24) is 15.5 Å². The number of morpholine rings is 1. The van der Waals surface area contributed by atoms with E-state index in [4.69, 9.17) is 4.74 Å². The SMILES string of the molecule is CC(=O)NC[C@@H]1CN(C(=O)[C@@H]2CCCCN2)CCO1. The fraction of sp³-hybridized carbons (Fsp3) is 0.846. The Hall–Kier alpha value is -1.14. The Morgan fingerprint density at radius 3 is 2.95 bits per heavy atom. The zero-order chi connectivity index (χ0) is 13.7. The van der Waals surface area contributed by atoms with Crippen LogP contribution in [0.3, 0.4) is 0 Å². The van der Waals surface area contributed by atoms with Gasteiger partial charge in [0.15, 0.2) is 0 Å². The normalized spacial score (nSPS) is 27.9. The fourth-order valence-corrected chi connectivity index (χ4v) is 2.58. The summed E-state index contributed by atoms with van der Waals surface area (Å²) in [4.78, 5) is 25.1. The van der Waals surface area contributed by atoms with Crippen molar-refractivity contribution >= 4 is 11.8 Å². The second-order valence-electron chi connectivity index (χ2n) is 5.22. The monoisotopic (exact) mass is 269 g/mol. The molecular formula is C13H23N3O3. The predicted molar refractivity (Wildman–Crippen MR) is 70.6 cm³/mol. The van der Waals surface area contributed by atoms with Crippen LogP contribution in [0.5, 0.6) is 0 Å². The highest BCUT2D eigenvalue weighted by atomic mass is 16.5. The molecule has 0 spiro atoms. The van der Waals surface area contributed by atoms with Crippen LogP contribution < -0.4 is 10.6 Å². The first-order valence-electron chi connectivity index (χ1n) is 7.05. The maximum Gasteiger partial charge on any atom is 0.239 e. The minimum Gasteiger partial charge on any atom is -0.373 e. The molecule has 6 nitrogen and oxygen atoms in total. The van der Waals surface area contributed by atoms with Crippen LogP contribution in [0.25, 0.3) is 0 Å². The molecule has 0 aromatic rings. The maximum absolute atomic E-state index is 12.4. The molecule has 0 unspecified atom stereocenters. The van der Waals surface area contributed by atoms with E-state index in [-0.39, 0.29) is 24.0 Å². The Kier molecular flexibility index (Phi) is 5.15. The topological polar surface area (TPSA) is 70.7 Å². The first-order chi connectivity index (χ1) is 9.16. The van der Waals surface area contributed by atoms with Crippen LogP contribution in [0.2, 0.25) is 0 Å². The van der Waals surface area contributed by atoms with Gasteiger partial charge in [-0.1, -0.05) is 6.42 Å². The predicted octanol–water partition coefficient (Wildman–Crippen LogP) is -0.508. The van der Waals surface area contributed by atoms with Crippen LogP contribution in [0, 0.1) is 0 Å². The van der Waals surface area contributed by atoms with E-state index in [2.05, 4.69) is 10.6 Å². The molecule has 0 aromatic heterocycles. The summed E-state index contributed by atoms with van der Waals surface area (Å²) in [6.07, 6.45) is 3.10. The fourth-order valence-electron chi connectivity index (χ4n) is 2.58. The number of piperidine rings is 1. The summed E-state index contributed by atoms with van der Waals surface area (Å²) in [5.41, 5.74) is 0. The number of nitrogens with one attached hydrogen (secondary N) is 2. The average Bonchev–Trinajstić information content (AvgIpc) is 2.45. The van der Waals surface area contributed by atoms with Gasteiger partial charge in [0, 0.05) is 26.6 Å². The van der Waals surface area contributed by atoms with Crippen LogP contribution in [-0.2, 0) is 14.3 Å². The van der Waals surface area contributed by atoms with Gasteiger partial charge in [-0.3, -0.25) is 9.59 Å². The van der Waals surface area contributed by atoms with E-state index < -0.39 is 0 Å².